The van der Waals surface area contributed by atoms with E-state index in [1.807, 2.05) is 0 Å². The first-order valence-corrected chi connectivity index (χ1v) is 5.86. The number of carboxylic acids is 1. The fraction of sp³-hybridized carbons (Fsp3) is 0.727. The van der Waals surface area contributed by atoms with E-state index >= 15 is 0 Å². The van der Waals surface area contributed by atoms with Crippen molar-refractivity contribution in [2.45, 2.75) is 25.8 Å². The SMILES string of the molecule is CCN(CC(=O)OC)C(=O)N1CCCC1C(=O)O. The van der Waals surface area contributed by atoms with Crippen molar-refractivity contribution in [1.82, 2.24) is 9.80 Å². The third-order valence-corrected chi connectivity index (χ3v) is 2.98. The zero-order valence-electron chi connectivity index (χ0n) is 10.6. The Morgan fingerprint density at radius 3 is 2.61 bits per heavy atom. The zero-order chi connectivity index (χ0) is 13.7. The molecule has 0 radical (unpaired) electrons. The lowest BCUT2D eigenvalue weighted by molar-refractivity contribution is -0.141. The van der Waals surface area contributed by atoms with E-state index in [9.17, 15) is 14.4 Å². The van der Waals surface area contributed by atoms with Crippen LogP contribution < -0.4 is 0 Å². The molecule has 0 bridgehead atoms. The Morgan fingerprint density at radius 2 is 2.11 bits per heavy atom. The van der Waals surface area contributed by atoms with E-state index < -0.39 is 24.0 Å². The lowest BCUT2D eigenvalue weighted by Crippen LogP contribution is -2.49. The van der Waals surface area contributed by atoms with Crippen molar-refractivity contribution in [2.75, 3.05) is 26.7 Å². The molecule has 0 aromatic carbocycles. The van der Waals surface area contributed by atoms with Crippen molar-refractivity contribution in [3.05, 3.63) is 0 Å². The lowest BCUT2D eigenvalue weighted by Gasteiger charge is -2.28. The van der Waals surface area contributed by atoms with E-state index in [-0.39, 0.29) is 6.54 Å². The molecule has 18 heavy (non-hydrogen) atoms. The zero-order valence-corrected chi connectivity index (χ0v) is 10.6. The van der Waals surface area contributed by atoms with E-state index in [4.69, 9.17) is 5.11 Å². The third-order valence-electron chi connectivity index (χ3n) is 2.98. The molecule has 0 aromatic rings. The maximum absolute atomic E-state index is 12.1. The number of carbonyl (C=O) groups is 3. The number of likely N-dealkylation sites (tertiary alicyclic amines) is 1. The lowest BCUT2D eigenvalue weighted by atomic mass is 10.2. The van der Waals surface area contributed by atoms with Gasteiger partial charge in [-0.2, -0.15) is 0 Å². The summed E-state index contributed by atoms with van der Waals surface area (Å²) in [6.07, 6.45) is 1.12. The molecular weight excluding hydrogens is 240 g/mol. The average Bonchev–Trinajstić information content (AvgIpc) is 2.83. The number of carboxylic acid groups (broad SMARTS) is 1. The Labute approximate surface area is 105 Å². The smallest absolute Gasteiger partial charge is 0.326 e. The van der Waals surface area contributed by atoms with Crippen molar-refractivity contribution < 1.29 is 24.2 Å². The number of aliphatic carboxylic acids is 1. The van der Waals surface area contributed by atoms with Gasteiger partial charge in [0.05, 0.1) is 7.11 Å². The van der Waals surface area contributed by atoms with E-state index in [0.717, 1.165) is 0 Å². The van der Waals surface area contributed by atoms with Gasteiger partial charge in [-0.15, -0.1) is 0 Å². The molecule has 1 atom stereocenters. The maximum atomic E-state index is 12.1. The van der Waals surface area contributed by atoms with Gasteiger partial charge in [-0.05, 0) is 19.8 Å². The molecule has 7 heteroatoms. The van der Waals surface area contributed by atoms with Gasteiger partial charge in [0.2, 0.25) is 0 Å². The largest absolute Gasteiger partial charge is 0.480 e. The third kappa shape index (κ3) is 3.12. The Morgan fingerprint density at radius 1 is 1.44 bits per heavy atom. The van der Waals surface area contributed by atoms with Crippen LogP contribution in [0.2, 0.25) is 0 Å². The van der Waals surface area contributed by atoms with E-state index in [1.54, 1.807) is 6.92 Å². The van der Waals surface area contributed by atoms with Gasteiger partial charge in [-0.1, -0.05) is 0 Å². The molecule has 102 valence electrons. The number of amides is 2. The van der Waals surface area contributed by atoms with Crippen LogP contribution >= 0.6 is 0 Å². The highest BCUT2D eigenvalue weighted by atomic mass is 16.5. The summed E-state index contributed by atoms with van der Waals surface area (Å²) < 4.78 is 4.50. The molecule has 7 nitrogen and oxygen atoms in total. The van der Waals surface area contributed by atoms with Gasteiger partial charge < -0.3 is 19.6 Å². The predicted octanol–water partition coefficient (Wildman–Crippen LogP) is 0.150. The minimum Gasteiger partial charge on any atom is -0.480 e. The van der Waals surface area contributed by atoms with Gasteiger partial charge in [-0.25, -0.2) is 9.59 Å². The van der Waals surface area contributed by atoms with Crippen LogP contribution in [0, 0.1) is 0 Å². The van der Waals surface area contributed by atoms with E-state index in [2.05, 4.69) is 4.74 Å². The number of ether oxygens (including phenoxy) is 1. The second-order valence-corrected chi connectivity index (χ2v) is 4.06. The number of esters is 1. The van der Waals surface area contributed by atoms with Gasteiger partial charge >= 0.3 is 18.0 Å². The van der Waals surface area contributed by atoms with Crippen LogP contribution in [-0.2, 0) is 14.3 Å². The minimum atomic E-state index is -1.00. The highest BCUT2D eigenvalue weighted by Gasteiger charge is 2.36. The summed E-state index contributed by atoms with van der Waals surface area (Å²) in [7, 11) is 1.25. The average molecular weight is 258 g/mol. The number of carbonyl (C=O) groups excluding carboxylic acids is 2. The first kappa shape index (κ1) is 14.3. The van der Waals surface area contributed by atoms with Crippen molar-refractivity contribution in [3.63, 3.8) is 0 Å². The Balaban J connectivity index is 2.71. The van der Waals surface area contributed by atoms with Crippen LogP contribution in [0.1, 0.15) is 19.8 Å². The molecule has 1 rings (SSSR count). The Kier molecular flexibility index (Phi) is 4.94. The molecule has 1 fully saturated rings. The highest BCUT2D eigenvalue weighted by molar-refractivity contribution is 5.85. The van der Waals surface area contributed by atoms with Gasteiger partial charge in [0.25, 0.3) is 0 Å². The fourth-order valence-electron chi connectivity index (χ4n) is 1.97. The second kappa shape index (κ2) is 6.23. The standard InChI is InChI=1S/C11H18N2O5/c1-3-12(7-9(14)18-2)11(17)13-6-4-5-8(13)10(15)16/h8H,3-7H2,1-2H3,(H,15,16). The molecule has 1 unspecified atom stereocenters. The fourth-order valence-corrected chi connectivity index (χ4v) is 1.97. The van der Waals surface area contributed by atoms with Gasteiger partial charge in [-0.3, -0.25) is 4.79 Å². The number of hydrogen-bond acceptors (Lipinski definition) is 4. The number of rotatable bonds is 4. The predicted molar refractivity (Wildman–Crippen MR) is 62.0 cm³/mol. The molecule has 1 saturated heterocycles. The molecule has 1 aliphatic heterocycles. The van der Waals surface area contributed by atoms with E-state index in [1.165, 1.54) is 16.9 Å². The molecule has 0 saturated carbocycles. The first-order chi connectivity index (χ1) is 8.51. The monoisotopic (exact) mass is 258 g/mol. The summed E-state index contributed by atoms with van der Waals surface area (Å²) in [4.78, 5) is 36.9. The molecule has 1 aliphatic rings. The van der Waals surface area contributed by atoms with Crippen LogP contribution in [0.25, 0.3) is 0 Å². The first-order valence-electron chi connectivity index (χ1n) is 5.86. The number of urea groups is 1. The van der Waals surface area contributed by atoms with Crippen LogP contribution in [-0.4, -0.2) is 65.7 Å². The second-order valence-electron chi connectivity index (χ2n) is 4.06. The molecule has 1 heterocycles. The minimum absolute atomic E-state index is 0.158. The molecule has 2 amide bonds. The van der Waals surface area contributed by atoms with Gasteiger partial charge in [0.1, 0.15) is 12.6 Å². The molecule has 0 aliphatic carbocycles. The topological polar surface area (TPSA) is 87.2 Å². The Hall–Kier alpha value is -1.79. The van der Waals surface area contributed by atoms with Gasteiger partial charge in [0, 0.05) is 13.1 Å². The number of nitrogens with zero attached hydrogens (tertiary/aromatic N) is 2. The van der Waals surface area contributed by atoms with Crippen LogP contribution in [0.5, 0.6) is 0 Å². The molecule has 0 spiro atoms. The van der Waals surface area contributed by atoms with Gasteiger partial charge in [0.15, 0.2) is 0 Å². The summed E-state index contributed by atoms with van der Waals surface area (Å²) >= 11 is 0. The molecule has 0 aromatic heterocycles. The number of methoxy groups -OCH3 is 1. The number of likely N-dealkylation sites (N-methyl/N-ethyl adjacent to an activating group) is 1. The molecule has 1 N–H and O–H groups in total. The summed E-state index contributed by atoms with van der Waals surface area (Å²) in [5.41, 5.74) is 0. The van der Waals surface area contributed by atoms with Crippen molar-refractivity contribution in [2.24, 2.45) is 0 Å². The summed E-state index contributed by atoms with van der Waals surface area (Å²) in [5, 5.41) is 9.01. The van der Waals surface area contributed by atoms with Crippen LogP contribution in [0.15, 0.2) is 0 Å². The van der Waals surface area contributed by atoms with Crippen LogP contribution in [0.4, 0.5) is 4.79 Å². The number of hydrogen-bond donors (Lipinski definition) is 1. The normalized spacial score (nSPS) is 18.6. The summed E-state index contributed by atoms with van der Waals surface area (Å²) in [6, 6.07) is -1.21. The summed E-state index contributed by atoms with van der Waals surface area (Å²) in [5.74, 6) is -1.52. The Bertz CT molecular complexity index is 344. The van der Waals surface area contributed by atoms with E-state index in [0.29, 0.717) is 25.9 Å². The quantitative estimate of drug-likeness (QED) is 0.725. The maximum Gasteiger partial charge on any atom is 0.326 e. The molecular formula is C11H18N2O5. The van der Waals surface area contributed by atoms with Crippen molar-refractivity contribution in [3.8, 4) is 0 Å². The highest BCUT2D eigenvalue weighted by Crippen LogP contribution is 2.19. The van der Waals surface area contributed by atoms with Crippen LogP contribution in [0.3, 0.4) is 0 Å². The summed E-state index contributed by atoms with van der Waals surface area (Å²) in [6.45, 7) is 2.31. The van der Waals surface area contributed by atoms with Crippen molar-refractivity contribution >= 4 is 18.0 Å². The van der Waals surface area contributed by atoms with Crippen molar-refractivity contribution in [1.29, 1.82) is 0 Å².